The number of carbonyl (C=O) groups is 1. The van der Waals surface area contributed by atoms with Gasteiger partial charge in [0.05, 0.1) is 24.4 Å². The summed E-state index contributed by atoms with van der Waals surface area (Å²) in [6, 6.07) is 5.96. The number of rotatable bonds is 9. The van der Waals surface area contributed by atoms with Crippen molar-refractivity contribution in [1.82, 2.24) is 10.2 Å². The number of hydrogen-bond donors (Lipinski definition) is 1. The number of benzene rings is 1. The normalized spacial score (nSPS) is 21.7. The van der Waals surface area contributed by atoms with Crippen LogP contribution in [0.4, 0.5) is 18.9 Å². The molecule has 0 aromatic heterocycles. The second kappa shape index (κ2) is 12.3. The maximum Gasteiger partial charge on any atom is 0.416 e. The molecule has 1 amide bonds. The lowest BCUT2D eigenvalue weighted by Crippen LogP contribution is -2.47. The van der Waals surface area contributed by atoms with Gasteiger partial charge in [-0.15, -0.1) is 0 Å². The Morgan fingerprint density at radius 3 is 2.50 bits per heavy atom. The summed E-state index contributed by atoms with van der Waals surface area (Å²) in [5.41, 5.74) is -0.148. The molecule has 1 N–H and O–H groups in total. The van der Waals surface area contributed by atoms with E-state index in [1.54, 1.807) is 0 Å². The van der Waals surface area contributed by atoms with Crippen LogP contribution in [-0.2, 0) is 11.0 Å². The monoisotopic (exact) mass is 480 g/mol. The molecule has 1 aliphatic heterocycles. The van der Waals surface area contributed by atoms with Crippen molar-refractivity contribution in [2.45, 2.75) is 63.6 Å². The predicted molar refractivity (Wildman–Crippen MR) is 125 cm³/mol. The number of piperazine rings is 1. The van der Waals surface area contributed by atoms with Gasteiger partial charge in [-0.3, -0.25) is 9.69 Å². The van der Waals surface area contributed by atoms with E-state index < -0.39 is 11.7 Å². The first-order valence-electron chi connectivity index (χ1n) is 12.2. The minimum absolute atomic E-state index is 0.0500. The Labute approximate surface area is 200 Å². The molecule has 1 saturated heterocycles. The summed E-state index contributed by atoms with van der Waals surface area (Å²) in [6.45, 7) is 3.95. The number of ether oxygens (including phenoxy) is 1. The van der Waals surface area contributed by atoms with Crippen molar-refractivity contribution < 1.29 is 22.7 Å². The lowest BCUT2D eigenvalue weighted by Gasteiger charge is -2.38. The van der Waals surface area contributed by atoms with Gasteiger partial charge in [0.1, 0.15) is 5.75 Å². The SMILES string of the molecule is COc1ccc(C(F)(F)F)cc1N1CCN(CC[C@H]2CC[C@H](NC(=O)CCCC#N)CC2)CC1. The number of methoxy groups -OCH3 is 1. The summed E-state index contributed by atoms with van der Waals surface area (Å²) >= 11 is 0. The molecule has 6 nitrogen and oxygen atoms in total. The number of nitrogens with one attached hydrogen (secondary N) is 1. The highest BCUT2D eigenvalue weighted by Crippen LogP contribution is 2.37. The minimum atomic E-state index is -4.37. The van der Waals surface area contributed by atoms with Crippen molar-refractivity contribution in [3.8, 4) is 11.8 Å². The molecule has 1 heterocycles. The van der Waals surface area contributed by atoms with Crippen molar-refractivity contribution in [1.29, 1.82) is 5.26 Å². The molecule has 0 spiro atoms. The van der Waals surface area contributed by atoms with Gasteiger partial charge in [0.2, 0.25) is 5.91 Å². The van der Waals surface area contributed by atoms with Crippen LogP contribution >= 0.6 is 0 Å². The predicted octanol–water partition coefficient (Wildman–Crippen LogP) is 4.59. The van der Waals surface area contributed by atoms with Crippen LogP contribution in [-0.4, -0.2) is 56.7 Å². The third-order valence-corrected chi connectivity index (χ3v) is 6.98. The third kappa shape index (κ3) is 7.52. The van der Waals surface area contributed by atoms with Gasteiger partial charge in [-0.2, -0.15) is 18.4 Å². The number of alkyl halides is 3. The van der Waals surface area contributed by atoms with Gasteiger partial charge in [0.25, 0.3) is 0 Å². The molecule has 1 aromatic rings. The smallest absolute Gasteiger partial charge is 0.416 e. The van der Waals surface area contributed by atoms with E-state index in [1.165, 1.54) is 19.2 Å². The Hall–Kier alpha value is -2.47. The maximum absolute atomic E-state index is 13.2. The third-order valence-electron chi connectivity index (χ3n) is 6.98. The van der Waals surface area contributed by atoms with Crippen LogP contribution in [0.25, 0.3) is 0 Å². The van der Waals surface area contributed by atoms with Gasteiger partial charge < -0.3 is 15.0 Å². The largest absolute Gasteiger partial charge is 0.495 e. The van der Waals surface area contributed by atoms with Gasteiger partial charge in [-0.25, -0.2) is 0 Å². The number of nitriles is 1. The van der Waals surface area contributed by atoms with E-state index in [0.29, 0.717) is 49.7 Å². The molecule has 188 valence electrons. The summed E-state index contributed by atoms with van der Waals surface area (Å²) in [5, 5.41) is 11.7. The Balaban J connectivity index is 1.39. The van der Waals surface area contributed by atoms with Gasteiger partial charge >= 0.3 is 6.18 Å². The van der Waals surface area contributed by atoms with Crippen LogP contribution in [0.2, 0.25) is 0 Å². The van der Waals surface area contributed by atoms with E-state index in [1.807, 2.05) is 4.90 Å². The first-order valence-corrected chi connectivity index (χ1v) is 12.2. The van der Waals surface area contributed by atoms with E-state index in [2.05, 4.69) is 16.3 Å². The highest BCUT2D eigenvalue weighted by Gasteiger charge is 2.32. The molecule has 1 saturated carbocycles. The summed E-state index contributed by atoms with van der Waals surface area (Å²) in [4.78, 5) is 16.3. The fourth-order valence-electron chi connectivity index (χ4n) is 4.91. The zero-order valence-corrected chi connectivity index (χ0v) is 19.9. The van der Waals surface area contributed by atoms with Crippen LogP contribution in [0.5, 0.6) is 5.75 Å². The Morgan fingerprint density at radius 2 is 1.88 bits per heavy atom. The number of anilines is 1. The van der Waals surface area contributed by atoms with Crippen LogP contribution < -0.4 is 15.0 Å². The summed E-state index contributed by atoms with van der Waals surface area (Å²) in [7, 11) is 1.48. The lowest BCUT2D eigenvalue weighted by atomic mass is 9.84. The minimum Gasteiger partial charge on any atom is -0.495 e. The molecule has 2 fully saturated rings. The molecule has 1 aromatic carbocycles. The van der Waals surface area contributed by atoms with Crippen molar-refractivity contribution in [3.63, 3.8) is 0 Å². The van der Waals surface area contributed by atoms with E-state index in [9.17, 15) is 18.0 Å². The van der Waals surface area contributed by atoms with Crippen molar-refractivity contribution in [3.05, 3.63) is 23.8 Å². The Bertz CT molecular complexity index is 840. The molecule has 0 atom stereocenters. The van der Waals surface area contributed by atoms with Crippen LogP contribution in [0.1, 0.15) is 56.9 Å². The molecule has 3 rings (SSSR count). The highest BCUT2D eigenvalue weighted by molar-refractivity contribution is 5.76. The second-order valence-electron chi connectivity index (χ2n) is 9.30. The van der Waals surface area contributed by atoms with Crippen molar-refractivity contribution in [2.24, 2.45) is 5.92 Å². The zero-order valence-electron chi connectivity index (χ0n) is 19.9. The fraction of sp³-hybridized carbons (Fsp3) is 0.680. The molecular weight excluding hydrogens is 445 g/mol. The van der Waals surface area contributed by atoms with Crippen LogP contribution in [0, 0.1) is 17.2 Å². The second-order valence-corrected chi connectivity index (χ2v) is 9.30. The molecule has 0 radical (unpaired) electrons. The maximum atomic E-state index is 13.2. The van der Waals surface area contributed by atoms with Crippen molar-refractivity contribution >= 4 is 11.6 Å². The molecule has 1 aliphatic carbocycles. The van der Waals surface area contributed by atoms with Crippen LogP contribution in [0.15, 0.2) is 18.2 Å². The molecular formula is C25H35F3N4O2. The summed E-state index contributed by atoms with van der Waals surface area (Å²) in [5.74, 6) is 1.16. The number of halogens is 3. The number of hydrogen-bond acceptors (Lipinski definition) is 5. The average molecular weight is 481 g/mol. The van der Waals surface area contributed by atoms with Gasteiger partial charge in [0, 0.05) is 45.1 Å². The molecule has 0 unspecified atom stereocenters. The van der Waals surface area contributed by atoms with Gasteiger partial charge in [0.15, 0.2) is 0 Å². The Morgan fingerprint density at radius 1 is 1.18 bits per heavy atom. The molecule has 0 bridgehead atoms. The first kappa shape index (κ1) is 26.1. The van der Waals surface area contributed by atoms with Gasteiger partial charge in [-0.05, 0) is 69.2 Å². The number of nitrogens with zero attached hydrogens (tertiary/aromatic N) is 3. The van der Waals surface area contributed by atoms with E-state index in [-0.39, 0.29) is 11.9 Å². The standard InChI is InChI=1S/C25H35F3N4O2/c1-34-23-10-7-20(25(26,27)28)18-22(23)32-16-14-31(15-17-32)13-11-19-5-8-21(9-6-19)30-24(33)4-2-3-12-29/h7,10,18-19,21H,2-6,8-9,11,13-17H2,1H3,(H,30,33)/t19-,21-. The van der Waals surface area contributed by atoms with E-state index in [0.717, 1.165) is 57.8 Å². The number of carbonyl (C=O) groups excluding carboxylic acids is 1. The summed E-state index contributed by atoms with van der Waals surface area (Å²) < 4.78 is 44.8. The van der Waals surface area contributed by atoms with E-state index in [4.69, 9.17) is 10.00 Å². The molecule has 34 heavy (non-hydrogen) atoms. The highest BCUT2D eigenvalue weighted by atomic mass is 19.4. The van der Waals surface area contributed by atoms with Crippen LogP contribution in [0.3, 0.4) is 0 Å². The molecule has 2 aliphatic rings. The molecule has 9 heteroatoms. The average Bonchev–Trinajstić information content (AvgIpc) is 2.83. The lowest BCUT2D eigenvalue weighted by molar-refractivity contribution is -0.137. The summed E-state index contributed by atoms with van der Waals surface area (Å²) in [6.07, 6.45) is 2.39. The van der Waals surface area contributed by atoms with Gasteiger partial charge in [-0.1, -0.05) is 0 Å². The topological polar surface area (TPSA) is 68.6 Å². The quantitative estimate of drug-likeness (QED) is 0.524. The van der Waals surface area contributed by atoms with E-state index >= 15 is 0 Å². The Kier molecular flexibility index (Phi) is 9.45. The fourth-order valence-corrected chi connectivity index (χ4v) is 4.91. The number of amides is 1. The first-order chi connectivity index (χ1) is 16.3. The zero-order chi connectivity index (χ0) is 24.6. The number of unbranched alkanes of at least 4 members (excludes halogenated alkanes) is 1. The van der Waals surface area contributed by atoms with Crippen molar-refractivity contribution in [2.75, 3.05) is 44.7 Å².